The minimum atomic E-state index is -0.191. The Hall–Kier alpha value is -2.97. The summed E-state index contributed by atoms with van der Waals surface area (Å²) in [5.74, 6) is -0.248. The summed E-state index contributed by atoms with van der Waals surface area (Å²) in [6.45, 7) is 2.14. The molecule has 0 spiro atoms. The van der Waals surface area contributed by atoms with Gasteiger partial charge in [-0.25, -0.2) is 0 Å². The average molecular weight is 558 g/mol. The molecule has 0 radical (unpaired) electrons. The molecular weight excluding hydrogens is 535 g/mol. The quantitative estimate of drug-likeness (QED) is 0.181. The van der Waals surface area contributed by atoms with Crippen LogP contribution in [0.2, 0.25) is 10.0 Å². The molecule has 184 valence electrons. The number of rotatable bonds is 8. The number of aliphatic imine (C=N–C) groups is 1. The third kappa shape index (κ3) is 5.87. The van der Waals surface area contributed by atoms with E-state index in [0.29, 0.717) is 42.5 Å². The van der Waals surface area contributed by atoms with Crippen molar-refractivity contribution in [3.8, 4) is 16.2 Å². The molecule has 0 saturated carbocycles. The molecule has 0 aliphatic heterocycles. The molecule has 0 aliphatic rings. The SMILES string of the molecule is CC(=NCC(=O)c1ccc(C(=O)N(C)Cc2ccccc2)s1)c1csc(-c2ccc(Cl)c(Cl)c2)c1O. The highest BCUT2D eigenvalue weighted by atomic mass is 35.5. The van der Waals surface area contributed by atoms with Crippen LogP contribution in [0.1, 0.15) is 37.4 Å². The number of Topliss-reactive ketones (excluding diaryl/α,β-unsaturated/α-hetero) is 1. The Kier molecular flexibility index (Phi) is 8.26. The number of nitrogens with zero attached hydrogens (tertiary/aromatic N) is 2. The molecule has 36 heavy (non-hydrogen) atoms. The van der Waals surface area contributed by atoms with E-state index >= 15 is 0 Å². The first-order valence-corrected chi connectivity index (χ1v) is 13.4. The first-order chi connectivity index (χ1) is 17.2. The van der Waals surface area contributed by atoms with E-state index in [4.69, 9.17) is 23.2 Å². The molecule has 1 amide bonds. The van der Waals surface area contributed by atoms with Crippen molar-refractivity contribution >= 4 is 63.3 Å². The van der Waals surface area contributed by atoms with Crippen LogP contribution in [0.4, 0.5) is 0 Å². The van der Waals surface area contributed by atoms with Gasteiger partial charge in [-0.05, 0) is 42.3 Å². The number of ketones is 1. The van der Waals surface area contributed by atoms with Crippen LogP contribution in [0.25, 0.3) is 10.4 Å². The van der Waals surface area contributed by atoms with Gasteiger partial charge in [0.2, 0.25) is 0 Å². The molecule has 0 unspecified atom stereocenters. The lowest BCUT2D eigenvalue weighted by Crippen LogP contribution is -2.25. The highest BCUT2D eigenvalue weighted by Gasteiger charge is 2.19. The van der Waals surface area contributed by atoms with Crippen LogP contribution in [0.5, 0.6) is 5.75 Å². The molecule has 0 bridgehead atoms. The Labute approximate surface area is 227 Å². The van der Waals surface area contributed by atoms with Gasteiger partial charge in [-0.1, -0.05) is 59.6 Å². The molecule has 4 aromatic rings. The van der Waals surface area contributed by atoms with Crippen molar-refractivity contribution in [2.24, 2.45) is 4.99 Å². The minimum Gasteiger partial charge on any atom is -0.506 e. The lowest BCUT2D eigenvalue weighted by atomic mass is 10.1. The zero-order valence-electron chi connectivity index (χ0n) is 19.5. The van der Waals surface area contributed by atoms with Crippen molar-refractivity contribution in [3.63, 3.8) is 0 Å². The average Bonchev–Trinajstić information content (AvgIpc) is 3.51. The van der Waals surface area contributed by atoms with Crippen LogP contribution in [-0.2, 0) is 6.54 Å². The van der Waals surface area contributed by atoms with E-state index < -0.39 is 0 Å². The zero-order valence-corrected chi connectivity index (χ0v) is 22.6. The van der Waals surface area contributed by atoms with Gasteiger partial charge in [-0.2, -0.15) is 0 Å². The summed E-state index contributed by atoms with van der Waals surface area (Å²) in [5.41, 5.74) is 2.87. The number of thiophene rings is 2. The fourth-order valence-electron chi connectivity index (χ4n) is 3.52. The molecule has 0 atom stereocenters. The van der Waals surface area contributed by atoms with E-state index in [-0.39, 0.29) is 24.0 Å². The number of halogens is 2. The number of carbonyl (C=O) groups excluding carboxylic acids is 2. The fourth-order valence-corrected chi connectivity index (χ4v) is 5.76. The molecular formula is C27H22Cl2N2O3S2. The van der Waals surface area contributed by atoms with Gasteiger partial charge >= 0.3 is 0 Å². The second-order valence-electron chi connectivity index (χ2n) is 8.09. The van der Waals surface area contributed by atoms with Gasteiger partial charge in [-0.15, -0.1) is 22.7 Å². The predicted octanol–water partition coefficient (Wildman–Crippen LogP) is 7.45. The summed E-state index contributed by atoms with van der Waals surface area (Å²) >= 11 is 14.6. The molecule has 0 saturated heterocycles. The second-order valence-corrected chi connectivity index (χ2v) is 10.9. The lowest BCUT2D eigenvalue weighted by molar-refractivity contribution is 0.0789. The molecule has 2 aromatic carbocycles. The molecule has 9 heteroatoms. The van der Waals surface area contributed by atoms with Crippen molar-refractivity contribution in [1.82, 2.24) is 4.90 Å². The Morgan fingerprint density at radius 3 is 2.44 bits per heavy atom. The second kappa shape index (κ2) is 11.4. The summed E-state index contributed by atoms with van der Waals surface area (Å²) in [4.78, 5) is 33.2. The fraction of sp³-hybridized carbons (Fsp3) is 0.148. The first-order valence-electron chi connectivity index (χ1n) is 10.9. The Bertz CT molecular complexity index is 1440. The van der Waals surface area contributed by atoms with Crippen LogP contribution in [0.15, 0.2) is 71.0 Å². The van der Waals surface area contributed by atoms with E-state index in [1.807, 2.05) is 30.3 Å². The van der Waals surface area contributed by atoms with Gasteiger partial charge in [-0.3, -0.25) is 14.6 Å². The molecule has 0 fully saturated rings. The number of hydrogen-bond acceptors (Lipinski definition) is 6. The standard InChI is InChI=1S/C27H22Cl2N2O3S2/c1-16(19-15-35-26(25(19)33)18-8-9-20(28)21(29)12-18)30-13-22(32)23-10-11-24(36-23)27(34)31(2)14-17-6-4-3-5-7-17/h3-12,15,33H,13-14H2,1-2H3. The minimum absolute atomic E-state index is 0.0811. The summed E-state index contributed by atoms with van der Waals surface area (Å²) < 4.78 is 0. The third-order valence-corrected chi connectivity index (χ3v) is 8.37. The van der Waals surface area contributed by atoms with Gasteiger partial charge in [0.1, 0.15) is 12.3 Å². The van der Waals surface area contributed by atoms with Crippen molar-refractivity contribution < 1.29 is 14.7 Å². The van der Waals surface area contributed by atoms with Crippen molar-refractivity contribution in [3.05, 3.63) is 97.0 Å². The Morgan fingerprint density at radius 1 is 1.00 bits per heavy atom. The van der Waals surface area contributed by atoms with Crippen LogP contribution in [0, 0.1) is 0 Å². The highest BCUT2D eigenvalue weighted by molar-refractivity contribution is 7.16. The van der Waals surface area contributed by atoms with E-state index in [9.17, 15) is 14.7 Å². The van der Waals surface area contributed by atoms with Gasteiger partial charge in [0.25, 0.3) is 5.91 Å². The summed E-state index contributed by atoms with van der Waals surface area (Å²) in [6, 6.07) is 18.2. The normalized spacial score (nSPS) is 11.5. The summed E-state index contributed by atoms with van der Waals surface area (Å²) in [7, 11) is 1.74. The highest BCUT2D eigenvalue weighted by Crippen LogP contribution is 2.40. The maximum atomic E-state index is 12.8. The van der Waals surface area contributed by atoms with Crippen LogP contribution in [-0.4, -0.2) is 41.0 Å². The largest absolute Gasteiger partial charge is 0.506 e. The van der Waals surface area contributed by atoms with Crippen molar-refractivity contribution in [1.29, 1.82) is 0 Å². The molecule has 2 heterocycles. The van der Waals surface area contributed by atoms with E-state index in [1.165, 1.54) is 11.3 Å². The smallest absolute Gasteiger partial charge is 0.263 e. The molecule has 2 aromatic heterocycles. The van der Waals surface area contributed by atoms with Gasteiger partial charge in [0.05, 0.1) is 24.7 Å². The maximum absolute atomic E-state index is 12.8. The number of hydrogen-bond donors (Lipinski definition) is 1. The molecule has 0 aliphatic carbocycles. The molecule has 5 nitrogen and oxygen atoms in total. The van der Waals surface area contributed by atoms with Crippen LogP contribution in [0.3, 0.4) is 0 Å². The van der Waals surface area contributed by atoms with Crippen LogP contribution >= 0.6 is 45.9 Å². The molecule has 1 N–H and O–H groups in total. The van der Waals surface area contributed by atoms with Crippen molar-refractivity contribution in [2.45, 2.75) is 13.5 Å². The first kappa shape index (κ1) is 26.1. The third-order valence-electron chi connectivity index (χ3n) is 5.50. The van der Waals surface area contributed by atoms with Gasteiger partial charge in [0.15, 0.2) is 5.78 Å². The van der Waals surface area contributed by atoms with E-state index in [0.717, 1.165) is 22.5 Å². The maximum Gasteiger partial charge on any atom is 0.263 e. The Morgan fingerprint density at radius 2 is 1.72 bits per heavy atom. The predicted molar refractivity (Wildman–Crippen MR) is 149 cm³/mol. The number of amides is 1. The summed E-state index contributed by atoms with van der Waals surface area (Å²) in [6.07, 6.45) is 0. The number of benzene rings is 2. The van der Waals surface area contributed by atoms with E-state index in [2.05, 4.69) is 4.99 Å². The van der Waals surface area contributed by atoms with Crippen molar-refractivity contribution in [2.75, 3.05) is 13.6 Å². The van der Waals surface area contributed by atoms with Crippen LogP contribution < -0.4 is 0 Å². The van der Waals surface area contributed by atoms with Gasteiger partial charge in [0, 0.05) is 30.2 Å². The number of aromatic hydroxyl groups is 1. The zero-order chi connectivity index (χ0) is 25.8. The summed E-state index contributed by atoms with van der Waals surface area (Å²) in [5, 5.41) is 13.4. The van der Waals surface area contributed by atoms with E-state index in [1.54, 1.807) is 54.6 Å². The number of carbonyl (C=O) groups is 2. The lowest BCUT2D eigenvalue weighted by Gasteiger charge is -2.16. The Balaban J connectivity index is 1.42. The monoisotopic (exact) mass is 556 g/mol. The van der Waals surface area contributed by atoms with Gasteiger partial charge < -0.3 is 10.0 Å². The molecule has 4 rings (SSSR count). The topological polar surface area (TPSA) is 70.0 Å².